The van der Waals surface area contributed by atoms with Crippen LogP contribution in [0.1, 0.15) is 21.6 Å². The second kappa shape index (κ2) is 8.05. The Morgan fingerprint density at radius 3 is 2.69 bits per heavy atom. The largest absolute Gasteiger partial charge is 0.358 e. The third-order valence-corrected chi connectivity index (χ3v) is 4.70. The number of aryl methyl sites for hydroxylation is 1. The molecule has 1 fully saturated rings. The van der Waals surface area contributed by atoms with Crippen LogP contribution in [0.15, 0.2) is 42.9 Å². The fraction of sp³-hybridized carbons (Fsp3) is 0.368. The number of hydrogen-bond donors (Lipinski definition) is 1. The lowest BCUT2D eigenvalue weighted by Crippen LogP contribution is -2.59. The molecule has 0 aliphatic carbocycles. The van der Waals surface area contributed by atoms with Crippen molar-refractivity contribution in [1.29, 1.82) is 0 Å². The van der Waals surface area contributed by atoms with Gasteiger partial charge in [0.1, 0.15) is 12.4 Å². The van der Waals surface area contributed by atoms with Crippen molar-refractivity contribution in [3.05, 3.63) is 59.7 Å². The van der Waals surface area contributed by atoms with Crippen LogP contribution >= 0.6 is 0 Å². The summed E-state index contributed by atoms with van der Waals surface area (Å²) in [5.41, 5.74) is 2.28. The Morgan fingerprint density at radius 1 is 1.23 bits per heavy atom. The lowest BCUT2D eigenvalue weighted by atomic mass is 10.1. The fourth-order valence-corrected chi connectivity index (χ4v) is 3.20. The van der Waals surface area contributed by atoms with E-state index in [2.05, 4.69) is 20.2 Å². The number of amides is 2. The predicted octanol–water partition coefficient (Wildman–Crippen LogP) is 0.858. The van der Waals surface area contributed by atoms with Crippen LogP contribution in [0, 0.1) is 6.92 Å². The molecule has 0 spiro atoms. The van der Waals surface area contributed by atoms with Gasteiger partial charge >= 0.3 is 0 Å². The Balaban J connectivity index is 1.76. The number of benzene rings is 1. The smallest absolute Gasteiger partial charge is 0.257 e. The number of nitrogens with zero attached hydrogens (tertiary/aromatic N) is 4. The zero-order valence-corrected chi connectivity index (χ0v) is 15.1. The summed E-state index contributed by atoms with van der Waals surface area (Å²) in [6, 6.07) is 9.65. The molecule has 2 heterocycles. The first kappa shape index (κ1) is 18.0. The minimum Gasteiger partial charge on any atom is -0.358 e. The number of likely N-dealkylation sites (N-methyl/N-ethyl adjacent to an activating group) is 1. The van der Waals surface area contributed by atoms with E-state index >= 15 is 0 Å². The lowest BCUT2D eigenvalue weighted by molar-refractivity contribution is -0.128. The highest BCUT2D eigenvalue weighted by Crippen LogP contribution is 2.17. The highest BCUT2D eigenvalue weighted by molar-refractivity contribution is 5.95. The molecule has 1 aromatic carbocycles. The molecule has 26 heavy (non-hydrogen) atoms. The topological polar surface area (TPSA) is 78.4 Å². The highest BCUT2D eigenvalue weighted by atomic mass is 16.2. The van der Waals surface area contributed by atoms with E-state index in [4.69, 9.17) is 0 Å². The maximum absolute atomic E-state index is 12.8. The Labute approximate surface area is 153 Å². The van der Waals surface area contributed by atoms with Crippen molar-refractivity contribution in [3.63, 3.8) is 0 Å². The SMILES string of the molecule is CNC(=O)[C@@H]1CN(C(=O)c2cncnc2C)CCN1Cc1ccccc1. The van der Waals surface area contributed by atoms with Gasteiger partial charge < -0.3 is 10.2 Å². The zero-order valence-electron chi connectivity index (χ0n) is 15.1. The number of carbonyl (C=O) groups excluding carboxylic acids is 2. The summed E-state index contributed by atoms with van der Waals surface area (Å²) in [4.78, 5) is 37.1. The second-order valence-corrected chi connectivity index (χ2v) is 6.36. The van der Waals surface area contributed by atoms with Gasteiger partial charge in [0.2, 0.25) is 5.91 Å². The van der Waals surface area contributed by atoms with Crippen molar-refractivity contribution in [2.75, 3.05) is 26.7 Å². The molecule has 2 amide bonds. The molecule has 1 N–H and O–H groups in total. The molecule has 1 aliphatic heterocycles. The number of nitrogens with one attached hydrogen (secondary N) is 1. The molecule has 136 valence electrons. The van der Waals surface area contributed by atoms with Gasteiger partial charge in [-0.25, -0.2) is 9.97 Å². The fourth-order valence-electron chi connectivity index (χ4n) is 3.20. The van der Waals surface area contributed by atoms with Crippen LogP contribution in [0.5, 0.6) is 0 Å². The van der Waals surface area contributed by atoms with Crippen LogP contribution in [0.25, 0.3) is 0 Å². The van der Waals surface area contributed by atoms with E-state index in [1.54, 1.807) is 18.9 Å². The van der Waals surface area contributed by atoms with Crippen LogP contribution < -0.4 is 5.32 Å². The molecule has 1 saturated heterocycles. The summed E-state index contributed by atoms with van der Waals surface area (Å²) in [6.07, 6.45) is 2.97. The Kier molecular flexibility index (Phi) is 5.58. The molecule has 3 rings (SSSR count). The molecule has 2 aromatic rings. The van der Waals surface area contributed by atoms with Gasteiger partial charge in [0.05, 0.1) is 11.3 Å². The molecule has 1 aliphatic rings. The van der Waals surface area contributed by atoms with Crippen LogP contribution in [0.2, 0.25) is 0 Å². The minimum atomic E-state index is -0.386. The van der Waals surface area contributed by atoms with E-state index in [0.29, 0.717) is 37.4 Å². The predicted molar refractivity (Wildman–Crippen MR) is 97.4 cm³/mol. The average molecular weight is 353 g/mol. The summed E-state index contributed by atoms with van der Waals surface area (Å²) in [7, 11) is 1.62. The highest BCUT2D eigenvalue weighted by Gasteiger charge is 2.34. The zero-order chi connectivity index (χ0) is 18.5. The van der Waals surface area contributed by atoms with Gasteiger partial charge in [-0.1, -0.05) is 30.3 Å². The number of carbonyl (C=O) groups is 2. The number of hydrogen-bond acceptors (Lipinski definition) is 5. The summed E-state index contributed by atoms with van der Waals surface area (Å²) in [5, 5.41) is 2.72. The number of rotatable bonds is 4. The van der Waals surface area contributed by atoms with Crippen molar-refractivity contribution in [3.8, 4) is 0 Å². The Bertz CT molecular complexity index is 781. The maximum atomic E-state index is 12.8. The Morgan fingerprint density at radius 2 is 2.00 bits per heavy atom. The van der Waals surface area contributed by atoms with Gasteiger partial charge in [0.15, 0.2) is 0 Å². The summed E-state index contributed by atoms with van der Waals surface area (Å²) in [6.45, 7) is 4.00. The normalized spacial score (nSPS) is 17.8. The minimum absolute atomic E-state index is 0.0838. The monoisotopic (exact) mass is 353 g/mol. The molecule has 7 heteroatoms. The van der Waals surface area contributed by atoms with Crippen LogP contribution in [0.3, 0.4) is 0 Å². The number of piperazine rings is 1. The van der Waals surface area contributed by atoms with E-state index in [-0.39, 0.29) is 17.9 Å². The van der Waals surface area contributed by atoms with Crippen LogP contribution in [-0.4, -0.2) is 64.3 Å². The van der Waals surface area contributed by atoms with E-state index in [0.717, 1.165) is 5.56 Å². The van der Waals surface area contributed by atoms with Crippen LogP contribution in [0.4, 0.5) is 0 Å². The molecular formula is C19H23N5O2. The molecular weight excluding hydrogens is 330 g/mol. The Hall–Kier alpha value is -2.80. The van der Waals surface area contributed by atoms with E-state index < -0.39 is 0 Å². The molecule has 7 nitrogen and oxygen atoms in total. The van der Waals surface area contributed by atoms with E-state index in [1.807, 2.05) is 30.3 Å². The average Bonchev–Trinajstić information content (AvgIpc) is 2.68. The molecule has 1 atom stereocenters. The van der Waals surface area contributed by atoms with Crippen molar-refractivity contribution in [2.24, 2.45) is 0 Å². The van der Waals surface area contributed by atoms with Crippen molar-refractivity contribution >= 4 is 11.8 Å². The standard InChI is InChI=1S/C19H23N5O2/c1-14-16(10-21-13-22-14)19(26)24-9-8-23(17(12-24)18(25)20-2)11-15-6-4-3-5-7-15/h3-7,10,13,17H,8-9,11-12H2,1-2H3,(H,20,25)/t17-/m0/s1. The van der Waals surface area contributed by atoms with E-state index in [9.17, 15) is 9.59 Å². The number of aromatic nitrogens is 2. The van der Waals surface area contributed by atoms with E-state index in [1.165, 1.54) is 12.5 Å². The van der Waals surface area contributed by atoms with Gasteiger partial charge in [0.25, 0.3) is 5.91 Å². The summed E-state index contributed by atoms with van der Waals surface area (Å²) >= 11 is 0. The maximum Gasteiger partial charge on any atom is 0.257 e. The molecule has 0 bridgehead atoms. The molecule has 0 saturated carbocycles. The van der Waals surface area contributed by atoms with Crippen molar-refractivity contribution < 1.29 is 9.59 Å². The molecule has 1 aromatic heterocycles. The summed E-state index contributed by atoms with van der Waals surface area (Å²) in [5.74, 6) is -0.212. The van der Waals surface area contributed by atoms with Crippen molar-refractivity contribution in [1.82, 2.24) is 25.1 Å². The van der Waals surface area contributed by atoms with Gasteiger partial charge in [-0.3, -0.25) is 14.5 Å². The lowest BCUT2D eigenvalue weighted by Gasteiger charge is -2.40. The third kappa shape index (κ3) is 3.88. The van der Waals surface area contributed by atoms with Gasteiger partial charge in [-0.05, 0) is 12.5 Å². The first-order valence-electron chi connectivity index (χ1n) is 8.65. The molecule has 0 radical (unpaired) electrons. The first-order chi connectivity index (χ1) is 12.6. The van der Waals surface area contributed by atoms with Gasteiger partial charge in [-0.2, -0.15) is 0 Å². The first-order valence-corrected chi connectivity index (χ1v) is 8.65. The van der Waals surface area contributed by atoms with Gasteiger partial charge in [0, 0.05) is 39.4 Å². The van der Waals surface area contributed by atoms with Crippen molar-refractivity contribution in [2.45, 2.75) is 19.5 Å². The van der Waals surface area contributed by atoms with Crippen LogP contribution in [-0.2, 0) is 11.3 Å². The second-order valence-electron chi connectivity index (χ2n) is 6.36. The molecule has 0 unspecified atom stereocenters. The quantitative estimate of drug-likeness (QED) is 0.882. The van der Waals surface area contributed by atoms with Gasteiger partial charge in [-0.15, -0.1) is 0 Å². The summed E-state index contributed by atoms with van der Waals surface area (Å²) < 4.78 is 0. The third-order valence-electron chi connectivity index (χ3n) is 4.70.